The monoisotopic (exact) mass is 513 g/mol. The van der Waals surface area contributed by atoms with E-state index in [0.29, 0.717) is 13.1 Å². The number of hydrogen-bond acceptors (Lipinski definition) is 6. The number of hydrogen-bond donors (Lipinski definition) is 2. The molecule has 2 saturated heterocycles. The second-order valence-electron chi connectivity index (χ2n) is 9.45. The predicted octanol–water partition coefficient (Wildman–Crippen LogP) is 2.71. The summed E-state index contributed by atoms with van der Waals surface area (Å²) in [4.78, 5) is 36.8. The Kier molecular flexibility index (Phi) is 7.73. The number of nitrogens with zero attached hydrogens (tertiary/aromatic N) is 4. The van der Waals surface area contributed by atoms with Crippen molar-refractivity contribution in [3.8, 4) is 17.6 Å². The first-order chi connectivity index (χ1) is 18.5. The molecule has 1 unspecified atom stereocenters. The zero-order valence-corrected chi connectivity index (χ0v) is 21.4. The number of nitrogens with one attached hydrogen (secondary N) is 1. The van der Waals surface area contributed by atoms with Crippen molar-refractivity contribution in [2.24, 2.45) is 0 Å². The molecule has 38 heavy (non-hydrogen) atoms. The van der Waals surface area contributed by atoms with Gasteiger partial charge in [0.1, 0.15) is 5.69 Å². The Morgan fingerprint density at radius 1 is 1.00 bits per heavy atom. The Morgan fingerprint density at radius 3 is 2.32 bits per heavy atom. The second-order valence-corrected chi connectivity index (χ2v) is 9.45. The summed E-state index contributed by atoms with van der Waals surface area (Å²) in [5, 5.41) is 10.0. The van der Waals surface area contributed by atoms with Crippen molar-refractivity contribution in [1.29, 1.82) is 0 Å². The average molecular weight is 514 g/mol. The van der Waals surface area contributed by atoms with E-state index in [1.165, 1.54) is 11.9 Å². The van der Waals surface area contributed by atoms with Gasteiger partial charge in [0.25, 0.3) is 5.56 Å². The third kappa shape index (κ3) is 5.72. The number of likely N-dealkylation sites (N-methyl/N-ethyl adjacent to an activating group) is 1. The van der Waals surface area contributed by atoms with Crippen LogP contribution in [0.3, 0.4) is 0 Å². The number of ether oxygens (including phenoxy) is 1. The number of amides is 2. The minimum Gasteiger partial charge on any atom is -0.502 e. The molecule has 2 N–H and O–H groups in total. The average Bonchev–Trinajstić information content (AvgIpc) is 3.26. The van der Waals surface area contributed by atoms with Crippen LogP contribution in [-0.4, -0.2) is 75.2 Å². The molecule has 196 valence electrons. The molecule has 9 nitrogen and oxygen atoms in total. The third-order valence-electron chi connectivity index (χ3n) is 6.98. The largest absolute Gasteiger partial charge is 0.502 e. The fraction of sp³-hybridized carbons (Fsp3) is 0.345. The van der Waals surface area contributed by atoms with Gasteiger partial charge in [-0.2, -0.15) is 0 Å². The number of H-pyrrole nitrogens is 1. The topological polar surface area (TPSA) is 102 Å². The maximum absolute atomic E-state index is 13.0. The van der Waals surface area contributed by atoms with Crippen LogP contribution in [0.1, 0.15) is 40.9 Å². The van der Waals surface area contributed by atoms with Gasteiger partial charge in [-0.15, -0.1) is 0 Å². The minimum atomic E-state index is -0.619. The first-order valence-corrected chi connectivity index (χ1v) is 12.8. The molecule has 2 amide bonds. The molecule has 0 bridgehead atoms. The van der Waals surface area contributed by atoms with Crippen molar-refractivity contribution in [3.05, 3.63) is 93.2 Å². The van der Waals surface area contributed by atoms with Gasteiger partial charge in [0, 0.05) is 43.9 Å². The van der Waals surface area contributed by atoms with Crippen molar-refractivity contribution in [3.63, 3.8) is 0 Å². The molecule has 2 fully saturated rings. The van der Waals surface area contributed by atoms with E-state index in [0.717, 1.165) is 49.5 Å². The smallest absolute Gasteiger partial charge is 0.321 e. The molecule has 5 rings (SSSR count). The standard InChI is InChI=1S/C29H31N5O4/c1-2-34-26(19-33(29(34)37)18-25-27(35)28(36)31-20-30-25)24-11-9-22(10-12-24)4-3-21-5-7-23(8-6-21)17-32-13-15-38-16-14-32/h5-12,20,26,35H,2,13-19H2,1H3,(H,30,31,36). The Balaban J connectivity index is 1.23. The number of aromatic hydroxyl groups is 1. The number of carbonyl (C=O) groups is 1. The fourth-order valence-corrected chi connectivity index (χ4v) is 4.84. The second kappa shape index (κ2) is 11.5. The Hall–Kier alpha value is -4.13. The molecule has 2 aliphatic heterocycles. The molecular weight excluding hydrogens is 482 g/mol. The molecule has 0 aliphatic carbocycles. The first kappa shape index (κ1) is 25.5. The third-order valence-corrected chi connectivity index (χ3v) is 6.98. The van der Waals surface area contributed by atoms with E-state index in [-0.39, 0.29) is 24.3 Å². The highest BCUT2D eigenvalue weighted by Crippen LogP contribution is 2.31. The van der Waals surface area contributed by atoms with Crippen LogP contribution in [0.15, 0.2) is 59.7 Å². The lowest BCUT2D eigenvalue weighted by Crippen LogP contribution is -2.35. The Bertz CT molecular complexity index is 1390. The molecule has 1 aromatic heterocycles. The van der Waals surface area contributed by atoms with Gasteiger partial charge in [-0.1, -0.05) is 36.1 Å². The molecule has 0 spiro atoms. The first-order valence-electron chi connectivity index (χ1n) is 12.8. The number of benzene rings is 2. The van der Waals surface area contributed by atoms with Gasteiger partial charge < -0.3 is 24.6 Å². The zero-order chi connectivity index (χ0) is 26.5. The number of aromatic amines is 1. The molecular formula is C29H31N5O4. The number of aromatic nitrogens is 2. The Labute approximate surface area is 221 Å². The van der Waals surface area contributed by atoms with Crippen LogP contribution in [0.5, 0.6) is 5.75 Å². The quantitative estimate of drug-likeness (QED) is 0.492. The lowest BCUT2D eigenvalue weighted by molar-refractivity contribution is 0.0342. The van der Waals surface area contributed by atoms with Gasteiger partial charge in [0.2, 0.25) is 5.75 Å². The minimum absolute atomic E-state index is 0.0659. The van der Waals surface area contributed by atoms with Crippen molar-refractivity contribution in [1.82, 2.24) is 24.7 Å². The number of rotatable bonds is 6. The van der Waals surface area contributed by atoms with Crippen molar-refractivity contribution < 1.29 is 14.6 Å². The van der Waals surface area contributed by atoms with E-state index in [4.69, 9.17) is 4.74 Å². The summed E-state index contributed by atoms with van der Waals surface area (Å²) in [5.74, 6) is 6.01. The highest BCUT2D eigenvalue weighted by atomic mass is 16.5. The van der Waals surface area contributed by atoms with Crippen LogP contribution in [0, 0.1) is 11.8 Å². The van der Waals surface area contributed by atoms with E-state index >= 15 is 0 Å². The van der Waals surface area contributed by atoms with Crippen LogP contribution in [0.4, 0.5) is 4.79 Å². The summed E-state index contributed by atoms with van der Waals surface area (Å²) in [7, 11) is 0. The van der Waals surface area contributed by atoms with Crippen LogP contribution >= 0.6 is 0 Å². The van der Waals surface area contributed by atoms with Crippen LogP contribution in [-0.2, 0) is 17.8 Å². The van der Waals surface area contributed by atoms with Gasteiger partial charge in [0.15, 0.2) is 0 Å². The van der Waals surface area contributed by atoms with Crippen molar-refractivity contribution in [2.45, 2.75) is 26.1 Å². The summed E-state index contributed by atoms with van der Waals surface area (Å²) >= 11 is 0. The van der Waals surface area contributed by atoms with E-state index in [1.807, 2.05) is 31.2 Å². The number of morpholine rings is 1. The summed E-state index contributed by atoms with van der Waals surface area (Å²) in [5.41, 5.74) is 3.69. The van der Waals surface area contributed by atoms with E-state index < -0.39 is 11.3 Å². The maximum Gasteiger partial charge on any atom is 0.321 e. The number of carbonyl (C=O) groups excluding carboxylic acids is 1. The van der Waals surface area contributed by atoms with Gasteiger partial charge in [0.05, 0.1) is 32.1 Å². The SMILES string of the molecule is CCN1C(=O)N(Cc2nc[nH]c(=O)c2O)CC1c1ccc(C#Cc2ccc(CN3CCOCC3)cc2)cc1. The lowest BCUT2D eigenvalue weighted by Gasteiger charge is -2.26. The van der Waals surface area contributed by atoms with Crippen molar-refractivity contribution in [2.75, 3.05) is 39.4 Å². The van der Waals surface area contributed by atoms with Gasteiger partial charge in [-0.25, -0.2) is 9.78 Å². The van der Waals surface area contributed by atoms with Gasteiger partial charge in [-0.3, -0.25) is 9.69 Å². The fourth-order valence-electron chi connectivity index (χ4n) is 4.84. The van der Waals surface area contributed by atoms with Crippen LogP contribution < -0.4 is 5.56 Å². The van der Waals surface area contributed by atoms with Gasteiger partial charge in [-0.05, 0) is 42.3 Å². The predicted molar refractivity (Wildman–Crippen MR) is 142 cm³/mol. The van der Waals surface area contributed by atoms with Crippen LogP contribution in [0.2, 0.25) is 0 Å². The zero-order valence-electron chi connectivity index (χ0n) is 21.4. The van der Waals surface area contributed by atoms with Crippen LogP contribution in [0.25, 0.3) is 0 Å². The molecule has 9 heteroatoms. The normalized spacial score (nSPS) is 17.9. The molecule has 1 atom stereocenters. The molecule has 0 saturated carbocycles. The highest BCUT2D eigenvalue weighted by molar-refractivity contribution is 5.77. The van der Waals surface area contributed by atoms with E-state index in [1.54, 1.807) is 9.80 Å². The van der Waals surface area contributed by atoms with E-state index in [9.17, 15) is 14.7 Å². The van der Waals surface area contributed by atoms with Gasteiger partial charge >= 0.3 is 6.03 Å². The molecule has 3 heterocycles. The summed E-state index contributed by atoms with van der Waals surface area (Å²) in [6, 6.07) is 16.0. The van der Waals surface area contributed by atoms with E-state index in [2.05, 4.69) is 51.0 Å². The summed E-state index contributed by atoms with van der Waals surface area (Å²) in [6.07, 6.45) is 1.23. The highest BCUT2D eigenvalue weighted by Gasteiger charge is 2.37. The lowest BCUT2D eigenvalue weighted by atomic mass is 10.0. The molecule has 2 aliphatic rings. The number of urea groups is 1. The Morgan fingerprint density at radius 2 is 1.66 bits per heavy atom. The summed E-state index contributed by atoms with van der Waals surface area (Å²) < 4.78 is 5.42. The molecule has 0 radical (unpaired) electrons. The van der Waals surface area contributed by atoms with Crippen molar-refractivity contribution >= 4 is 6.03 Å². The molecule has 2 aromatic carbocycles. The summed E-state index contributed by atoms with van der Waals surface area (Å²) in [6.45, 7) is 7.43. The molecule has 3 aromatic rings. The maximum atomic E-state index is 13.0.